The van der Waals surface area contributed by atoms with Crippen LogP contribution in [0.1, 0.15) is 36.8 Å². The molecule has 2 aromatic heterocycles. The Morgan fingerprint density at radius 2 is 2.09 bits per heavy atom. The van der Waals surface area contributed by atoms with Gasteiger partial charge < -0.3 is 9.47 Å². The van der Waals surface area contributed by atoms with Crippen molar-refractivity contribution in [2.75, 3.05) is 19.8 Å². The highest BCUT2D eigenvalue weighted by Gasteiger charge is 2.23. The largest absolute Gasteiger partial charge is 0.462 e. The Morgan fingerprint density at radius 3 is 2.74 bits per heavy atom. The summed E-state index contributed by atoms with van der Waals surface area (Å²) in [5.41, 5.74) is 0.738. The number of hydrogen-bond donors (Lipinski definition) is 0. The van der Waals surface area contributed by atoms with Crippen LogP contribution in [-0.2, 0) is 14.3 Å². The first-order valence-corrected chi connectivity index (χ1v) is 8.54. The summed E-state index contributed by atoms with van der Waals surface area (Å²) in [6.45, 7) is 8.70. The zero-order chi connectivity index (χ0) is 17.0. The van der Waals surface area contributed by atoms with Crippen LogP contribution in [0.4, 0.5) is 0 Å². The van der Waals surface area contributed by atoms with Crippen molar-refractivity contribution in [3.63, 3.8) is 0 Å². The third-order valence-corrected chi connectivity index (χ3v) is 4.90. The summed E-state index contributed by atoms with van der Waals surface area (Å²) in [5.74, 6) is -0.431. The molecule has 7 heteroatoms. The first-order chi connectivity index (χ1) is 11.0. The van der Waals surface area contributed by atoms with Crippen LogP contribution >= 0.6 is 11.3 Å². The van der Waals surface area contributed by atoms with E-state index in [9.17, 15) is 9.59 Å². The van der Waals surface area contributed by atoms with E-state index in [0.29, 0.717) is 29.9 Å². The second-order valence-corrected chi connectivity index (χ2v) is 6.41. The smallest absolute Gasteiger partial charge is 0.329 e. The molecule has 0 spiro atoms. The average Bonchev–Trinajstić information content (AvgIpc) is 2.82. The number of nitrogens with zero attached hydrogens (tertiary/aromatic N) is 2. The van der Waals surface area contributed by atoms with Gasteiger partial charge in [0.05, 0.1) is 18.3 Å². The van der Waals surface area contributed by atoms with Gasteiger partial charge in [0, 0.05) is 11.5 Å². The zero-order valence-electron chi connectivity index (χ0n) is 13.9. The number of rotatable bonds is 7. The van der Waals surface area contributed by atoms with Gasteiger partial charge in [-0.25, -0.2) is 9.78 Å². The van der Waals surface area contributed by atoms with Crippen LogP contribution in [0.15, 0.2) is 11.1 Å². The molecular formula is C16H22N2O4S. The molecule has 0 fully saturated rings. The molecule has 2 aromatic rings. The minimum Gasteiger partial charge on any atom is -0.462 e. The van der Waals surface area contributed by atoms with Gasteiger partial charge in [-0.15, -0.1) is 11.3 Å². The second kappa shape index (κ2) is 7.70. The van der Waals surface area contributed by atoms with Gasteiger partial charge in [0.25, 0.3) is 5.56 Å². The number of aryl methyl sites for hydroxylation is 2. The van der Waals surface area contributed by atoms with Gasteiger partial charge in [-0.2, -0.15) is 0 Å². The van der Waals surface area contributed by atoms with Gasteiger partial charge in [-0.05, 0) is 32.8 Å². The number of ether oxygens (including phenoxy) is 2. The molecule has 0 aliphatic carbocycles. The number of hydrogen-bond acceptors (Lipinski definition) is 6. The van der Waals surface area contributed by atoms with E-state index >= 15 is 0 Å². The van der Waals surface area contributed by atoms with Gasteiger partial charge in [0.2, 0.25) is 0 Å². The number of thiophene rings is 1. The summed E-state index contributed by atoms with van der Waals surface area (Å²) in [5, 5.41) is 0.593. The monoisotopic (exact) mass is 338 g/mol. The van der Waals surface area contributed by atoms with E-state index in [4.69, 9.17) is 9.47 Å². The minimum absolute atomic E-state index is 0.185. The minimum atomic E-state index is -0.666. The van der Waals surface area contributed by atoms with Crippen molar-refractivity contribution in [2.24, 2.45) is 0 Å². The van der Waals surface area contributed by atoms with Crippen LogP contribution in [0, 0.1) is 13.8 Å². The highest BCUT2D eigenvalue weighted by Crippen LogP contribution is 2.26. The van der Waals surface area contributed by atoms with Crippen LogP contribution < -0.4 is 5.56 Å². The Balaban J connectivity index is 2.29. The van der Waals surface area contributed by atoms with Gasteiger partial charge in [-0.3, -0.25) is 9.36 Å². The lowest BCUT2D eigenvalue weighted by Gasteiger charge is -2.16. The Kier molecular flexibility index (Phi) is 5.90. The topological polar surface area (TPSA) is 70.4 Å². The summed E-state index contributed by atoms with van der Waals surface area (Å²) in [6.07, 6.45) is 1.90. The molecule has 23 heavy (non-hydrogen) atoms. The first kappa shape index (κ1) is 17.6. The van der Waals surface area contributed by atoms with Crippen LogP contribution in [-0.4, -0.2) is 35.3 Å². The van der Waals surface area contributed by atoms with Crippen LogP contribution in [0.25, 0.3) is 10.2 Å². The lowest BCUT2D eigenvalue weighted by Crippen LogP contribution is -2.31. The molecule has 0 amide bonds. The molecule has 0 aliphatic heterocycles. The van der Waals surface area contributed by atoms with Crippen LogP contribution in [0.5, 0.6) is 0 Å². The van der Waals surface area contributed by atoms with E-state index in [0.717, 1.165) is 10.4 Å². The Bertz CT molecular complexity index is 750. The van der Waals surface area contributed by atoms with E-state index in [1.54, 1.807) is 0 Å². The maximum atomic E-state index is 12.7. The molecule has 2 rings (SSSR count). The first-order valence-electron chi connectivity index (χ1n) is 7.72. The highest BCUT2D eigenvalue weighted by molar-refractivity contribution is 7.18. The summed E-state index contributed by atoms with van der Waals surface area (Å²) in [7, 11) is 0. The van der Waals surface area contributed by atoms with Crippen molar-refractivity contribution < 1.29 is 14.3 Å². The fraction of sp³-hybridized carbons (Fsp3) is 0.562. The predicted molar refractivity (Wildman–Crippen MR) is 90.1 cm³/mol. The van der Waals surface area contributed by atoms with Crippen molar-refractivity contribution in [1.29, 1.82) is 0 Å². The number of carbonyl (C=O) groups is 1. The van der Waals surface area contributed by atoms with Gasteiger partial charge >= 0.3 is 5.97 Å². The average molecular weight is 338 g/mol. The van der Waals surface area contributed by atoms with Crippen LogP contribution in [0.3, 0.4) is 0 Å². The molecule has 6 nitrogen and oxygen atoms in total. The van der Waals surface area contributed by atoms with Crippen molar-refractivity contribution in [1.82, 2.24) is 9.55 Å². The molecule has 0 aliphatic rings. The molecule has 0 bridgehead atoms. The number of esters is 1. The Hall–Kier alpha value is -1.73. The number of aromatic nitrogens is 2. The third kappa shape index (κ3) is 3.61. The number of carbonyl (C=O) groups excluding carboxylic acids is 1. The van der Waals surface area contributed by atoms with E-state index in [1.807, 2.05) is 27.7 Å². The molecule has 0 radical (unpaired) electrons. The van der Waals surface area contributed by atoms with Gasteiger partial charge in [0.15, 0.2) is 0 Å². The van der Waals surface area contributed by atoms with Crippen LogP contribution in [0.2, 0.25) is 0 Å². The van der Waals surface area contributed by atoms with Crippen molar-refractivity contribution in [3.8, 4) is 0 Å². The van der Waals surface area contributed by atoms with Crippen molar-refractivity contribution in [3.05, 3.63) is 27.1 Å². The Labute approximate surface area is 139 Å². The van der Waals surface area contributed by atoms with E-state index in [1.165, 1.54) is 22.2 Å². The molecule has 0 saturated carbocycles. The molecule has 0 saturated heterocycles. The lowest BCUT2D eigenvalue weighted by atomic mass is 10.2. The fourth-order valence-corrected chi connectivity index (χ4v) is 3.38. The molecule has 0 aromatic carbocycles. The molecule has 2 heterocycles. The number of fused-ring (bicyclic) bond motifs is 1. The van der Waals surface area contributed by atoms with E-state index in [2.05, 4.69) is 4.98 Å². The molecule has 0 N–H and O–H groups in total. The molecule has 1 unspecified atom stereocenters. The van der Waals surface area contributed by atoms with Crippen molar-refractivity contribution in [2.45, 2.75) is 40.2 Å². The molecular weight excluding hydrogens is 316 g/mol. The normalized spacial score (nSPS) is 12.5. The quantitative estimate of drug-likeness (QED) is 0.573. The zero-order valence-corrected chi connectivity index (χ0v) is 14.7. The Morgan fingerprint density at radius 1 is 1.35 bits per heavy atom. The van der Waals surface area contributed by atoms with E-state index in [-0.39, 0.29) is 12.2 Å². The van der Waals surface area contributed by atoms with Gasteiger partial charge in [-0.1, -0.05) is 6.92 Å². The summed E-state index contributed by atoms with van der Waals surface area (Å²) in [4.78, 5) is 31.1. The molecule has 126 valence electrons. The lowest BCUT2D eigenvalue weighted by molar-refractivity contribution is -0.149. The fourth-order valence-electron chi connectivity index (χ4n) is 2.39. The summed E-state index contributed by atoms with van der Waals surface area (Å²) in [6, 6.07) is -0.666. The highest BCUT2D eigenvalue weighted by atomic mass is 32.1. The summed E-state index contributed by atoms with van der Waals surface area (Å²) >= 11 is 1.49. The maximum Gasteiger partial charge on any atom is 0.329 e. The summed E-state index contributed by atoms with van der Waals surface area (Å²) < 4.78 is 11.7. The predicted octanol–water partition coefficient (Wildman–Crippen LogP) is 2.61. The maximum absolute atomic E-state index is 12.7. The molecule has 1 atom stereocenters. The second-order valence-electron chi connectivity index (χ2n) is 5.21. The SMILES string of the molecule is CCOCCOC(=O)C(CC)n1cnc2sc(C)c(C)c2c1=O. The third-order valence-electron chi connectivity index (χ3n) is 3.79. The van der Waals surface area contributed by atoms with Crippen molar-refractivity contribution >= 4 is 27.5 Å². The standard InChI is InChI=1S/C16H22N2O4S/c1-5-12(16(20)22-8-7-21-6-2)18-9-17-14-13(15(18)19)10(3)11(4)23-14/h9,12H,5-8H2,1-4H3. The van der Waals surface area contributed by atoms with Gasteiger partial charge in [0.1, 0.15) is 17.5 Å². The van der Waals surface area contributed by atoms with E-state index < -0.39 is 12.0 Å².